The van der Waals surface area contributed by atoms with Crippen LogP contribution < -0.4 is 11.1 Å². The summed E-state index contributed by atoms with van der Waals surface area (Å²) in [5, 5.41) is 21.6. The number of hydrogen-bond acceptors (Lipinski definition) is 5. The van der Waals surface area contributed by atoms with Crippen molar-refractivity contribution in [2.24, 2.45) is 11.8 Å². The topological polar surface area (TPSA) is 99.9 Å². The van der Waals surface area contributed by atoms with Crippen molar-refractivity contribution in [2.45, 2.75) is 37.8 Å². The first-order valence-corrected chi connectivity index (χ1v) is 9.30. The van der Waals surface area contributed by atoms with E-state index < -0.39 is 0 Å². The van der Waals surface area contributed by atoms with Crippen molar-refractivity contribution in [1.29, 1.82) is 0 Å². The minimum absolute atomic E-state index is 0.0933. The van der Waals surface area contributed by atoms with Crippen LogP contribution in [0.5, 0.6) is 0 Å². The molecule has 5 N–H and O–H groups in total. The van der Waals surface area contributed by atoms with Crippen LogP contribution in [0.25, 0.3) is 22.2 Å². The van der Waals surface area contributed by atoms with Crippen LogP contribution in [0.1, 0.15) is 25.7 Å². The maximum atomic E-state index is 9.84. The van der Waals surface area contributed by atoms with Gasteiger partial charge in [0.05, 0.1) is 17.3 Å². The van der Waals surface area contributed by atoms with Gasteiger partial charge in [-0.15, -0.1) is 0 Å². The first-order valence-electron chi connectivity index (χ1n) is 9.30. The average Bonchev–Trinajstić information content (AvgIpc) is 3.30. The number of nitrogens with two attached hydrogens (primary N) is 1. The van der Waals surface area contributed by atoms with Gasteiger partial charge in [-0.3, -0.25) is 5.10 Å². The van der Waals surface area contributed by atoms with Crippen LogP contribution in [0.15, 0.2) is 36.5 Å². The molecular formula is C20H23N5O. The number of aliphatic hydroxyl groups excluding tert-OH is 1. The van der Waals surface area contributed by atoms with Crippen molar-refractivity contribution in [1.82, 2.24) is 15.2 Å². The van der Waals surface area contributed by atoms with Gasteiger partial charge >= 0.3 is 0 Å². The van der Waals surface area contributed by atoms with Gasteiger partial charge in [0.2, 0.25) is 0 Å². The fourth-order valence-electron chi connectivity index (χ4n) is 4.87. The molecular weight excluding hydrogens is 326 g/mol. The van der Waals surface area contributed by atoms with E-state index in [1.807, 2.05) is 18.2 Å². The summed E-state index contributed by atoms with van der Waals surface area (Å²) in [6.45, 7) is 0. The van der Waals surface area contributed by atoms with Crippen molar-refractivity contribution in [3.05, 3.63) is 36.5 Å². The third-order valence-electron chi connectivity index (χ3n) is 5.99. The number of aromatic amines is 1. The van der Waals surface area contributed by atoms with Crippen LogP contribution in [0, 0.1) is 11.8 Å². The van der Waals surface area contributed by atoms with Gasteiger partial charge in [-0.2, -0.15) is 5.10 Å². The van der Waals surface area contributed by atoms with E-state index in [9.17, 15) is 5.11 Å². The van der Waals surface area contributed by atoms with E-state index in [0.29, 0.717) is 23.7 Å². The van der Waals surface area contributed by atoms with Crippen molar-refractivity contribution in [3.63, 3.8) is 0 Å². The van der Waals surface area contributed by atoms with Gasteiger partial charge in [0.15, 0.2) is 0 Å². The molecule has 5 rings (SSSR count). The lowest BCUT2D eigenvalue weighted by atomic mass is 10.0. The van der Waals surface area contributed by atoms with Gasteiger partial charge in [0, 0.05) is 34.9 Å². The molecule has 0 aliphatic heterocycles. The molecule has 4 atom stereocenters. The van der Waals surface area contributed by atoms with Crippen LogP contribution in [0.4, 0.5) is 11.5 Å². The Morgan fingerprint density at radius 2 is 1.88 bits per heavy atom. The molecule has 6 heteroatoms. The quantitative estimate of drug-likeness (QED) is 0.582. The molecule has 6 nitrogen and oxygen atoms in total. The third-order valence-corrected chi connectivity index (χ3v) is 5.99. The smallest absolute Gasteiger partial charge is 0.126 e. The van der Waals surface area contributed by atoms with E-state index in [0.717, 1.165) is 53.5 Å². The van der Waals surface area contributed by atoms with E-state index in [4.69, 9.17) is 5.73 Å². The standard InChI is InChI=1S/C20H23N5O/c21-20-10-19(23-14-5-12-7-15(26)8-13(12)6-14)16-2-1-11(9-18(16)24-20)17-3-4-22-25-17/h1-4,9-10,12-15,26H,5-8H2,(H,22,25)(H3,21,23,24)/t12-,13+,14+,15+. The number of nitrogens with zero attached hydrogens (tertiary/aromatic N) is 2. The molecule has 2 fully saturated rings. The third kappa shape index (κ3) is 2.70. The minimum Gasteiger partial charge on any atom is -0.393 e. The highest BCUT2D eigenvalue weighted by molar-refractivity contribution is 5.95. The summed E-state index contributed by atoms with van der Waals surface area (Å²) < 4.78 is 0. The second-order valence-electron chi connectivity index (χ2n) is 7.75. The Morgan fingerprint density at radius 1 is 1.08 bits per heavy atom. The molecule has 3 aromatic rings. The van der Waals surface area contributed by atoms with Crippen molar-refractivity contribution < 1.29 is 5.11 Å². The molecule has 0 spiro atoms. The number of nitrogen functional groups attached to an aromatic ring is 1. The van der Waals surface area contributed by atoms with Crippen molar-refractivity contribution in [3.8, 4) is 11.3 Å². The maximum Gasteiger partial charge on any atom is 0.126 e. The molecule has 134 valence electrons. The molecule has 2 aliphatic carbocycles. The van der Waals surface area contributed by atoms with E-state index >= 15 is 0 Å². The Labute approximate surface area is 151 Å². The number of pyridine rings is 1. The maximum absolute atomic E-state index is 9.84. The predicted molar refractivity (Wildman–Crippen MR) is 103 cm³/mol. The fraction of sp³-hybridized carbons (Fsp3) is 0.400. The zero-order chi connectivity index (χ0) is 17.7. The zero-order valence-electron chi connectivity index (χ0n) is 14.5. The van der Waals surface area contributed by atoms with Crippen LogP contribution >= 0.6 is 0 Å². The first kappa shape index (κ1) is 15.6. The monoisotopic (exact) mass is 349 g/mol. The summed E-state index contributed by atoms with van der Waals surface area (Å²) in [5.74, 6) is 1.83. The highest BCUT2D eigenvalue weighted by atomic mass is 16.3. The molecule has 0 bridgehead atoms. The summed E-state index contributed by atoms with van der Waals surface area (Å²) in [6.07, 6.45) is 5.80. The average molecular weight is 349 g/mol. The van der Waals surface area contributed by atoms with Gasteiger partial charge < -0.3 is 16.2 Å². The fourth-order valence-corrected chi connectivity index (χ4v) is 4.87. The molecule has 2 heterocycles. The van der Waals surface area contributed by atoms with Crippen molar-refractivity contribution in [2.75, 3.05) is 11.1 Å². The Morgan fingerprint density at radius 3 is 2.62 bits per heavy atom. The summed E-state index contributed by atoms with van der Waals surface area (Å²) in [4.78, 5) is 4.52. The molecule has 1 aromatic carbocycles. The number of H-pyrrole nitrogens is 1. The molecule has 0 radical (unpaired) electrons. The second kappa shape index (κ2) is 5.99. The normalized spacial score (nSPS) is 27.7. The highest BCUT2D eigenvalue weighted by Gasteiger charge is 2.41. The molecule has 2 aromatic heterocycles. The van der Waals surface area contributed by atoms with Crippen LogP contribution in [-0.4, -0.2) is 32.4 Å². The van der Waals surface area contributed by atoms with Gasteiger partial charge in [0.25, 0.3) is 0 Å². The molecule has 26 heavy (non-hydrogen) atoms. The summed E-state index contributed by atoms with van der Waals surface area (Å²) in [7, 11) is 0. The van der Waals surface area contributed by atoms with Gasteiger partial charge in [0.1, 0.15) is 5.82 Å². The molecule has 2 saturated carbocycles. The number of rotatable bonds is 3. The van der Waals surface area contributed by atoms with E-state index in [-0.39, 0.29) is 6.10 Å². The van der Waals surface area contributed by atoms with E-state index in [1.165, 1.54) is 0 Å². The molecule has 0 saturated heterocycles. The summed E-state index contributed by atoms with van der Waals surface area (Å²) in [5.41, 5.74) is 10.0. The number of aliphatic hydroxyl groups is 1. The lowest BCUT2D eigenvalue weighted by Crippen LogP contribution is -2.18. The largest absolute Gasteiger partial charge is 0.393 e. The number of benzene rings is 1. The number of nitrogens with one attached hydrogen (secondary N) is 2. The molecule has 0 unspecified atom stereocenters. The van der Waals surface area contributed by atoms with Crippen LogP contribution in [-0.2, 0) is 0 Å². The molecule has 2 aliphatic rings. The number of anilines is 2. The van der Waals surface area contributed by atoms with Crippen LogP contribution in [0.3, 0.4) is 0 Å². The van der Waals surface area contributed by atoms with Crippen LogP contribution in [0.2, 0.25) is 0 Å². The highest BCUT2D eigenvalue weighted by Crippen LogP contribution is 2.45. The van der Waals surface area contributed by atoms with Gasteiger partial charge in [-0.1, -0.05) is 12.1 Å². The van der Waals surface area contributed by atoms with Crippen molar-refractivity contribution >= 4 is 22.4 Å². The van der Waals surface area contributed by atoms with E-state index in [2.05, 4.69) is 32.6 Å². The zero-order valence-corrected chi connectivity index (χ0v) is 14.5. The van der Waals surface area contributed by atoms with Gasteiger partial charge in [-0.05, 0) is 49.7 Å². The number of fused-ring (bicyclic) bond motifs is 2. The van der Waals surface area contributed by atoms with Gasteiger partial charge in [-0.25, -0.2) is 4.98 Å². The Hall–Kier alpha value is -2.60. The minimum atomic E-state index is -0.0933. The Kier molecular flexibility index (Phi) is 3.60. The van der Waals surface area contributed by atoms with E-state index in [1.54, 1.807) is 6.20 Å². The Bertz CT molecular complexity index is 925. The first-order chi connectivity index (χ1) is 12.7. The summed E-state index contributed by atoms with van der Waals surface area (Å²) >= 11 is 0. The number of aromatic nitrogens is 3. The Balaban J connectivity index is 1.44. The number of hydrogen-bond donors (Lipinski definition) is 4. The lowest BCUT2D eigenvalue weighted by Gasteiger charge is -2.18. The summed E-state index contributed by atoms with van der Waals surface area (Å²) in [6, 6.07) is 10.5. The molecule has 0 amide bonds. The lowest BCUT2D eigenvalue weighted by molar-refractivity contribution is 0.171. The SMILES string of the molecule is Nc1cc(N[C@@H]2C[C@H]3C[C@@H](O)C[C@H]3C2)c2ccc(-c3ccn[nH]3)cc2n1. The second-order valence-corrected chi connectivity index (χ2v) is 7.75. The predicted octanol–water partition coefficient (Wildman–Crippen LogP) is 3.17.